The highest BCUT2D eigenvalue weighted by molar-refractivity contribution is 5.36. The molecule has 20 heavy (non-hydrogen) atoms. The van der Waals surface area contributed by atoms with Crippen molar-refractivity contribution in [1.82, 2.24) is 0 Å². The first-order valence-electron chi connectivity index (χ1n) is 6.77. The minimum atomic E-state index is -0.598. The third-order valence-corrected chi connectivity index (χ3v) is 3.59. The third-order valence-electron chi connectivity index (χ3n) is 3.59. The molecule has 2 rings (SSSR count). The molecule has 2 aromatic carbocycles. The molecule has 0 aliphatic heterocycles. The topological polar surface area (TPSA) is 20.2 Å². The molecular weight excluding hydrogens is 244 g/mol. The molecule has 0 aromatic heterocycles. The molecule has 1 unspecified atom stereocenters. The van der Waals surface area contributed by atoms with Crippen LogP contribution in [-0.2, 0) is 5.41 Å². The number of hydrogen-bond donors (Lipinski definition) is 1. The van der Waals surface area contributed by atoms with E-state index in [0.29, 0.717) is 0 Å². The normalized spacial score (nSPS) is 15.7. The second-order valence-electron chi connectivity index (χ2n) is 5.07. The van der Waals surface area contributed by atoms with E-state index in [2.05, 4.69) is 25.6 Å². The van der Waals surface area contributed by atoms with Crippen LogP contribution in [-0.4, -0.2) is 5.11 Å². The Morgan fingerprint density at radius 2 is 1.55 bits per heavy atom. The maximum Gasteiger partial charge on any atom is 0.0972 e. The smallest absolute Gasteiger partial charge is 0.0972 e. The summed E-state index contributed by atoms with van der Waals surface area (Å²) < 4.78 is 0. The fraction of sp³-hybridized carbons (Fsp3) is 0.158. The Balaban J connectivity index is 2.22. The highest BCUT2D eigenvalue weighted by Gasteiger charge is 2.19. The van der Waals surface area contributed by atoms with Crippen molar-refractivity contribution in [1.29, 1.82) is 0 Å². The summed E-state index contributed by atoms with van der Waals surface area (Å²) in [5, 5.41) is 10.2. The summed E-state index contributed by atoms with van der Waals surface area (Å²) in [6.45, 7) is 6.01. The first-order valence-corrected chi connectivity index (χ1v) is 6.77. The molecule has 0 aliphatic carbocycles. The van der Waals surface area contributed by atoms with E-state index in [1.165, 1.54) is 0 Å². The summed E-state index contributed by atoms with van der Waals surface area (Å²) in [5.74, 6) is 0. The molecule has 0 fully saturated rings. The highest BCUT2D eigenvalue weighted by atomic mass is 16.3. The number of rotatable bonds is 5. The van der Waals surface area contributed by atoms with Crippen LogP contribution in [0.15, 0.2) is 85.5 Å². The summed E-state index contributed by atoms with van der Waals surface area (Å²) in [4.78, 5) is 0. The molecule has 102 valence electrons. The molecule has 2 aromatic rings. The zero-order chi connectivity index (χ0) is 14.4. The van der Waals surface area contributed by atoms with Crippen molar-refractivity contribution in [3.05, 3.63) is 96.6 Å². The average molecular weight is 264 g/mol. The highest BCUT2D eigenvalue weighted by Crippen LogP contribution is 2.28. The van der Waals surface area contributed by atoms with E-state index in [0.717, 1.165) is 11.1 Å². The summed E-state index contributed by atoms with van der Waals surface area (Å²) in [6, 6.07) is 19.8. The lowest BCUT2D eigenvalue weighted by molar-refractivity contribution is 0.228. The van der Waals surface area contributed by atoms with Gasteiger partial charge in [0.2, 0.25) is 0 Å². The van der Waals surface area contributed by atoms with Crippen LogP contribution in [0, 0.1) is 0 Å². The average Bonchev–Trinajstić information content (AvgIpc) is 2.54. The molecule has 1 N–H and O–H groups in total. The molecule has 0 saturated carbocycles. The summed E-state index contributed by atoms with van der Waals surface area (Å²) in [6.07, 6.45) is 5.13. The zero-order valence-electron chi connectivity index (χ0n) is 11.7. The molecule has 0 saturated heterocycles. The fourth-order valence-electron chi connectivity index (χ4n) is 2.13. The molecule has 0 amide bonds. The van der Waals surface area contributed by atoms with Gasteiger partial charge in [-0.25, -0.2) is 0 Å². The van der Waals surface area contributed by atoms with E-state index in [1.807, 2.05) is 66.8 Å². The molecule has 1 heteroatoms. The summed E-state index contributed by atoms with van der Waals surface area (Å²) >= 11 is 0. The van der Waals surface area contributed by atoms with Crippen LogP contribution in [0.4, 0.5) is 0 Å². The van der Waals surface area contributed by atoms with E-state index in [-0.39, 0.29) is 5.41 Å². The summed E-state index contributed by atoms with van der Waals surface area (Å²) in [7, 11) is 0. The van der Waals surface area contributed by atoms with Gasteiger partial charge in [0.15, 0.2) is 0 Å². The van der Waals surface area contributed by atoms with Crippen LogP contribution in [0.3, 0.4) is 0 Å². The predicted octanol–water partition coefficient (Wildman–Crippen LogP) is 4.42. The van der Waals surface area contributed by atoms with Gasteiger partial charge in [-0.1, -0.05) is 78.9 Å². The summed E-state index contributed by atoms with van der Waals surface area (Å²) in [5.41, 5.74) is 1.77. The Labute approximate surface area is 120 Å². The van der Waals surface area contributed by atoms with Gasteiger partial charge in [-0.05, 0) is 18.1 Å². The van der Waals surface area contributed by atoms with Gasteiger partial charge in [0, 0.05) is 5.41 Å². The van der Waals surface area contributed by atoms with Gasteiger partial charge in [-0.15, -0.1) is 6.58 Å². The lowest BCUT2D eigenvalue weighted by Gasteiger charge is -2.22. The minimum absolute atomic E-state index is 0.281. The van der Waals surface area contributed by atoms with Gasteiger partial charge >= 0.3 is 0 Å². The maximum atomic E-state index is 10.2. The number of aliphatic hydroxyl groups is 1. The van der Waals surface area contributed by atoms with E-state index in [1.54, 1.807) is 0 Å². The molecule has 1 nitrogen and oxygen atoms in total. The molecule has 0 radical (unpaired) electrons. The second-order valence-corrected chi connectivity index (χ2v) is 5.07. The first kappa shape index (κ1) is 14.3. The molecule has 0 spiro atoms. The van der Waals surface area contributed by atoms with Gasteiger partial charge < -0.3 is 5.11 Å². The molecule has 0 aliphatic rings. The monoisotopic (exact) mass is 264 g/mol. The fourth-order valence-corrected chi connectivity index (χ4v) is 2.13. The van der Waals surface area contributed by atoms with Crippen molar-refractivity contribution in [3.63, 3.8) is 0 Å². The largest absolute Gasteiger partial charge is 0.384 e. The lowest BCUT2D eigenvalue weighted by atomic mass is 9.82. The van der Waals surface area contributed by atoms with E-state index in [9.17, 15) is 5.11 Å². The Bertz CT molecular complexity index is 571. The number of hydrogen-bond acceptors (Lipinski definition) is 1. The van der Waals surface area contributed by atoms with Crippen LogP contribution in [0.5, 0.6) is 0 Å². The third kappa shape index (κ3) is 3.25. The molecule has 0 bridgehead atoms. The molecular formula is C19H20O. The Hall–Kier alpha value is -2.12. The minimum Gasteiger partial charge on any atom is -0.384 e. The van der Waals surface area contributed by atoms with Crippen molar-refractivity contribution in [2.75, 3.05) is 0 Å². The van der Waals surface area contributed by atoms with Crippen LogP contribution < -0.4 is 0 Å². The van der Waals surface area contributed by atoms with Crippen LogP contribution >= 0.6 is 0 Å². The Morgan fingerprint density at radius 1 is 1.00 bits per heavy atom. The van der Waals surface area contributed by atoms with E-state index < -0.39 is 6.10 Å². The van der Waals surface area contributed by atoms with Gasteiger partial charge in [0.1, 0.15) is 0 Å². The molecule has 0 heterocycles. The van der Waals surface area contributed by atoms with E-state index >= 15 is 0 Å². The first-order chi connectivity index (χ1) is 9.65. The van der Waals surface area contributed by atoms with Crippen molar-refractivity contribution < 1.29 is 5.11 Å². The maximum absolute atomic E-state index is 10.2. The van der Waals surface area contributed by atoms with Gasteiger partial charge in [-0.3, -0.25) is 0 Å². The van der Waals surface area contributed by atoms with Crippen molar-refractivity contribution in [2.45, 2.75) is 18.4 Å². The van der Waals surface area contributed by atoms with Gasteiger partial charge in [0.05, 0.1) is 6.10 Å². The van der Waals surface area contributed by atoms with Crippen LogP contribution in [0.25, 0.3) is 0 Å². The second kappa shape index (κ2) is 6.36. The molecule has 2 atom stereocenters. The Morgan fingerprint density at radius 3 is 2.10 bits per heavy atom. The van der Waals surface area contributed by atoms with Crippen LogP contribution in [0.2, 0.25) is 0 Å². The van der Waals surface area contributed by atoms with Crippen LogP contribution in [0.1, 0.15) is 24.2 Å². The number of aliphatic hydroxyl groups excluding tert-OH is 1. The number of allylic oxidation sites excluding steroid dienone is 2. The predicted molar refractivity (Wildman–Crippen MR) is 84.5 cm³/mol. The quantitative estimate of drug-likeness (QED) is 0.793. The standard InChI is InChI=1S/C19H20O/c1-3-19(2,17-12-8-5-9-13-17)15-14-18(20)16-10-6-4-7-11-16/h3-15,18,20H,1H2,2H3/b15-14-/t18?,19-/m1/s1. The number of benzene rings is 2. The lowest BCUT2D eigenvalue weighted by Crippen LogP contribution is -2.15. The Kier molecular flexibility index (Phi) is 4.54. The zero-order valence-corrected chi connectivity index (χ0v) is 11.7. The van der Waals surface area contributed by atoms with Gasteiger partial charge in [0.25, 0.3) is 0 Å². The van der Waals surface area contributed by atoms with Crippen molar-refractivity contribution in [2.24, 2.45) is 0 Å². The van der Waals surface area contributed by atoms with Crippen molar-refractivity contribution >= 4 is 0 Å². The van der Waals surface area contributed by atoms with Gasteiger partial charge in [-0.2, -0.15) is 0 Å². The SMILES string of the molecule is C=C[C@](C)(/C=C\C(O)c1ccccc1)c1ccccc1. The van der Waals surface area contributed by atoms with Crippen molar-refractivity contribution in [3.8, 4) is 0 Å². The van der Waals surface area contributed by atoms with E-state index in [4.69, 9.17) is 0 Å².